The smallest absolute Gasteiger partial charge is 0.305 e. The van der Waals surface area contributed by atoms with Gasteiger partial charge in [0.2, 0.25) is 5.91 Å². The average Bonchev–Trinajstić information content (AvgIpc) is 2.41. The molecule has 0 spiro atoms. The summed E-state index contributed by atoms with van der Waals surface area (Å²) in [5, 5.41) is 0. The van der Waals surface area contributed by atoms with Crippen LogP contribution in [0.2, 0.25) is 0 Å². The third-order valence-electron chi connectivity index (χ3n) is 3.29. The van der Waals surface area contributed by atoms with E-state index in [2.05, 4.69) is 6.92 Å². The molecular formula is C16H31NO3. The predicted octanol–water partition coefficient (Wildman–Crippen LogP) is 3.39. The van der Waals surface area contributed by atoms with E-state index in [1.165, 1.54) is 25.7 Å². The molecule has 0 aliphatic rings. The molecule has 0 unspecified atom stereocenters. The predicted molar refractivity (Wildman–Crippen MR) is 81.4 cm³/mol. The highest BCUT2D eigenvalue weighted by molar-refractivity contribution is 5.77. The van der Waals surface area contributed by atoms with Crippen molar-refractivity contribution in [2.45, 2.75) is 65.7 Å². The summed E-state index contributed by atoms with van der Waals surface area (Å²) < 4.78 is 5.14. The Bertz CT molecular complexity index is 277. The number of hydrogen-bond acceptors (Lipinski definition) is 3. The molecule has 0 atom stereocenters. The summed E-state index contributed by atoms with van der Waals surface area (Å²) in [6.45, 7) is 6.69. The first-order valence-electron chi connectivity index (χ1n) is 7.89. The number of likely N-dealkylation sites (N-methyl/N-ethyl adjacent to an activating group) is 1. The first-order valence-corrected chi connectivity index (χ1v) is 7.89. The monoisotopic (exact) mass is 285 g/mol. The number of nitrogens with zero attached hydrogens (tertiary/aromatic N) is 1. The van der Waals surface area contributed by atoms with Crippen molar-refractivity contribution in [3.63, 3.8) is 0 Å². The van der Waals surface area contributed by atoms with Crippen molar-refractivity contribution in [1.29, 1.82) is 0 Å². The molecule has 0 fully saturated rings. The Morgan fingerprint density at radius 1 is 1.05 bits per heavy atom. The van der Waals surface area contributed by atoms with E-state index >= 15 is 0 Å². The first-order chi connectivity index (χ1) is 9.49. The van der Waals surface area contributed by atoms with Crippen molar-refractivity contribution < 1.29 is 14.3 Å². The van der Waals surface area contributed by atoms with Gasteiger partial charge in [0.1, 0.15) is 6.61 Å². The third-order valence-corrected chi connectivity index (χ3v) is 3.29. The largest absolute Gasteiger partial charge is 0.464 e. The maximum absolute atomic E-state index is 11.6. The fourth-order valence-corrected chi connectivity index (χ4v) is 1.97. The van der Waals surface area contributed by atoms with Gasteiger partial charge in [-0.05, 0) is 6.42 Å². The van der Waals surface area contributed by atoms with Crippen LogP contribution in [0.5, 0.6) is 0 Å². The maximum Gasteiger partial charge on any atom is 0.305 e. The Kier molecular flexibility index (Phi) is 11.1. The average molecular weight is 285 g/mol. The minimum Gasteiger partial charge on any atom is -0.464 e. The maximum atomic E-state index is 11.6. The molecule has 118 valence electrons. The Morgan fingerprint density at radius 2 is 1.65 bits per heavy atom. The van der Waals surface area contributed by atoms with Crippen LogP contribution in [0, 0.1) is 5.92 Å². The summed E-state index contributed by atoms with van der Waals surface area (Å²) >= 11 is 0. The second-order valence-corrected chi connectivity index (χ2v) is 5.65. The Hall–Kier alpha value is -1.06. The van der Waals surface area contributed by atoms with Gasteiger partial charge >= 0.3 is 5.97 Å². The molecule has 0 aromatic rings. The molecule has 0 saturated carbocycles. The molecule has 0 bridgehead atoms. The van der Waals surface area contributed by atoms with Crippen LogP contribution in [0.25, 0.3) is 0 Å². The molecule has 1 amide bonds. The van der Waals surface area contributed by atoms with Crippen LogP contribution in [-0.2, 0) is 14.3 Å². The van der Waals surface area contributed by atoms with Crippen LogP contribution in [0.4, 0.5) is 0 Å². The molecule has 0 aliphatic heterocycles. The van der Waals surface area contributed by atoms with Gasteiger partial charge in [-0.25, -0.2) is 0 Å². The van der Waals surface area contributed by atoms with Gasteiger partial charge in [-0.3, -0.25) is 9.59 Å². The Balaban J connectivity index is 3.52. The van der Waals surface area contributed by atoms with E-state index < -0.39 is 0 Å². The highest BCUT2D eigenvalue weighted by Gasteiger charge is 2.13. The highest BCUT2D eigenvalue weighted by atomic mass is 16.5. The summed E-state index contributed by atoms with van der Waals surface area (Å²) in [5.74, 6) is -0.0818. The topological polar surface area (TPSA) is 46.6 Å². The number of amides is 1. The first kappa shape index (κ1) is 18.9. The molecule has 0 saturated heterocycles. The molecule has 0 aliphatic carbocycles. The quantitative estimate of drug-likeness (QED) is 0.432. The summed E-state index contributed by atoms with van der Waals surface area (Å²) in [4.78, 5) is 24.7. The van der Waals surface area contributed by atoms with Crippen LogP contribution < -0.4 is 0 Å². The number of rotatable bonds is 11. The number of unbranched alkanes of at least 4 members (excludes halogenated alkanes) is 5. The summed E-state index contributed by atoms with van der Waals surface area (Å²) in [6, 6.07) is 0. The van der Waals surface area contributed by atoms with Gasteiger partial charge in [-0.1, -0.05) is 52.9 Å². The van der Waals surface area contributed by atoms with Crippen molar-refractivity contribution in [3.8, 4) is 0 Å². The summed E-state index contributed by atoms with van der Waals surface area (Å²) in [5.41, 5.74) is 0. The van der Waals surface area contributed by atoms with E-state index in [1.807, 2.05) is 13.8 Å². The Morgan fingerprint density at radius 3 is 2.25 bits per heavy atom. The number of carbonyl (C=O) groups excluding carboxylic acids is 2. The van der Waals surface area contributed by atoms with E-state index in [-0.39, 0.29) is 17.8 Å². The SMILES string of the molecule is CCCCCCCCC(=O)OCCN(C)C(=O)C(C)C. The van der Waals surface area contributed by atoms with Gasteiger partial charge in [-0.2, -0.15) is 0 Å². The summed E-state index contributed by atoms with van der Waals surface area (Å²) in [7, 11) is 1.74. The lowest BCUT2D eigenvalue weighted by atomic mass is 10.1. The lowest BCUT2D eigenvalue weighted by Gasteiger charge is -2.19. The number of esters is 1. The van der Waals surface area contributed by atoms with Crippen molar-refractivity contribution in [1.82, 2.24) is 4.90 Å². The number of ether oxygens (including phenoxy) is 1. The zero-order chi connectivity index (χ0) is 15.4. The Labute approximate surface area is 123 Å². The van der Waals surface area contributed by atoms with Gasteiger partial charge in [0.05, 0.1) is 6.54 Å². The summed E-state index contributed by atoms with van der Waals surface area (Å²) in [6.07, 6.45) is 7.48. The molecular weight excluding hydrogens is 254 g/mol. The zero-order valence-corrected chi connectivity index (χ0v) is 13.6. The third kappa shape index (κ3) is 9.82. The second kappa shape index (κ2) is 11.7. The zero-order valence-electron chi connectivity index (χ0n) is 13.6. The van der Waals surface area contributed by atoms with E-state index in [0.29, 0.717) is 19.6 Å². The second-order valence-electron chi connectivity index (χ2n) is 5.65. The molecule has 0 heterocycles. The fourth-order valence-electron chi connectivity index (χ4n) is 1.97. The number of hydrogen-bond donors (Lipinski definition) is 0. The molecule has 20 heavy (non-hydrogen) atoms. The molecule has 0 aromatic heterocycles. The van der Waals surface area contributed by atoms with Gasteiger partial charge in [0.25, 0.3) is 0 Å². The molecule has 0 radical (unpaired) electrons. The van der Waals surface area contributed by atoms with E-state index in [1.54, 1.807) is 11.9 Å². The minimum atomic E-state index is -0.147. The minimum absolute atomic E-state index is 0.0150. The molecule has 4 heteroatoms. The van der Waals surface area contributed by atoms with Gasteiger partial charge in [0.15, 0.2) is 0 Å². The van der Waals surface area contributed by atoms with Crippen molar-refractivity contribution in [2.75, 3.05) is 20.2 Å². The van der Waals surface area contributed by atoms with Crippen molar-refractivity contribution >= 4 is 11.9 Å². The lowest BCUT2D eigenvalue weighted by molar-refractivity contribution is -0.146. The van der Waals surface area contributed by atoms with E-state index in [9.17, 15) is 9.59 Å². The number of carbonyl (C=O) groups is 2. The van der Waals surface area contributed by atoms with Gasteiger partial charge < -0.3 is 9.64 Å². The lowest BCUT2D eigenvalue weighted by Crippen LogP contribution is -2.33. The van der Waals surface area contributed by atoms with Gasteiger partial charge in [0, 0.05) is 19.4 Å². The van der Waals surface area contributed by atoms with Gasteiger partial charge in [-0.15, -0.1) is 0 Å². The normalized spacial score (nSPS) is 10.7. The molecule has 0 N–H and O–H groups in total. The van der Waals surface area contributed by atoms with E-state index in [0.717, 1.165) is 12.8 Å². The molecule has 0 aromatic carbocycles. The van der Waals surface area contributed by atoms with Crippen molar-refractivity contribution in [3.05, 3.63) is 0 Å². The highest BCUT2D eigenvalue weighted by Crippen LogP contribution is 2.07. The fraction of sp³-hybridized carbons (Fsp3) is 0.875. The standard InChI is InChI=1S/C16H31NO3/c1-5-6-7-8-9-10-11-15(18)20-13-12-17(4)16(19)14(2)3/h14H,5-13H2,1-4H3. The van der Waals surface area contributed by atoms with Crippen LogP contribution in [0.3, 0.4) is 0 Å². The van der Waals surface area contributed by atoms with Crippen molar-refractivity contribution in [2.24, 2.45) is 5.92 Å². The van der Waals surface area contributed by atoms with Crippen LogP contribution in [-0.4, -0.2) is 37.0 Å². The van der Waals surface area contributed by atoms with Crippen LogP contribution in [0.15, 0.2) is 0 Å². The van der Waals surface area contributed by atoms with Crippen LogP contribution in [0.1, 0.15) is 65.7 Å². The molecule has 4 nitrogen and oxygen atoms in total. The van der Waals surface area contributed by atoms with E-state index in [4.69, 9.17) is 4.74 Å². The molecule has 0 rings (SSSR count). The van der Waals surface area contributed by atoms with Crippen LogP contribution >= 0.6 is 0 Å².